The monoisotopic (exact) mass is 184 g/mol. The lowest BCUT2D eigenvalue weighted by Gasteiger charge is -2.03. The molecule has 1 N–H and O–H groups in total. The van der Waals surface area contributed by atoms with E-state index in [1.54, 1.807) is 18.3 Å². The first kappa shape index (κ1) is 9.00. The Morgan fingerprint density at radius 1 is 1.75 bits per heavy atom. The molecule has 0 unspecified atom stereocenters. The van der Waals surface area contributed by atoms with Gasteiger partial charge >= 0.3 is 0 Å². The highest BCUT2D eigenvalue weighted by atomic mass is 35.5. The number of hydrogen-bond acceptors (Lipinski definition) is 3. The van der Waals surface area contributed by atoms with Gasteiger partial charge in [-0.15, -0.1) is 0 Å². The van der Waals surface area contributed by atoms with Gasteiger partial charge < -0.3 is 4.74 Å². The van der Waals surface area contributed by atoms with E-state index in [0.29, 0.717) is 17.3 Å². The van der Waals surface area contributed by atoms with Crippen LogP contribution in [0.25, 0.3) is 0 Å². The van der Waals surface area contributed by atoms with E-state index in [1.165, 1.54) is 0 Å². The number of aromatic nitrogens is 1. The van der Waals surface area contributed by atoms with Gasteiger partial charge in [-0.3, -0.25) is 5.41 Å². The molecule has 4 heteroatoms. The zero-order valence-electron chi connectivity index (χ0n) is 6.67. The van der Waals surface area contributed by atoms with Gasteiger partial charge in [0.25, 0.3) is 0 Å². The molecule has 0 saturated carbocycles. The number of hydrogen-bond donors (Lipinski definition) is 1. The quantitative estimate of drug-likeness (QED) is 0.435. The minimum atomic E-state index is 0.127. The molecule has 1 heterocycles. The molecular formula is C8H9ClN2O. The molecule has 1 rings (SSSR count). The SMILES string of the molecule is CCOC(=N)c1ccnc(Cl)c1. The highest BCUT2D eigenvalue weighted by Crippen LogP contribution is 2.07. The maximum Gasteiger partial charge on any atom is 0.213 e. The third-order valence-electron chi connectivity index (χ3n) is 1.28. The summed E-state index contributed by atoms with van der Waals surface area (Å²) in [6, 6.07) is 3.28. The van der Waals surface area contributed by atoms with E-state index in [9.17, 15) is 0 Å². The molecule has 0 spiro atoms. The van der Waals surface area contributed by atoms with Crippen molar-refractivity contribution < 1.29 is 4.74 Å². The third-order valence-corrected chi connectivity index (χ3v) is 1.48. The van der Waals surface area contributed by atoms with Crippen LogP contribution in [0.3, 0.4) is 0 Å². The Hall–Kier alpha value is -1.09. The molecule has 12 heavy (non-hydrogen) atoms. The highest BCUT2D eigenvalue weighted by Gasteiger charge is 2.01. The molecular weight excluding hydrogens is 176 g/mol. The predicted molar refractivity (Wildman–Crippen MR) is 47.7 cm³/mol. The summed E-state index contributed by atoms with van der Waals surface area (Å²) in [5.41, 5.74) is 0.650. The molecule has 64 valence electrons. The van der Waals surface area contributed by atoms with Gasteiger partial charge in [-0.25, -0.2) is 4.98 Å². The predicted octanol–water partition coefficient (Wildman–Crippen LogP) is 2.10. The summed E-state index contributed by atoms with van der Waals surface area (Å²) in [4.78, 5) is 3.80. The topological polar surface area (TPSA) is 46.0 Å². The zero-order valence-corrected chi connectivity index (χ0v) is 7.43. The molecule has 3 nitrogen and oxygen atoms in total. The molecule has 0 radical (unpaired) electrons. The van der Waals surface area contributed by atoms with Crippen molar-refractivity contribution in [1.82, 2.24) is 4.98 Å². The molecule has 0 atom stereocenters. The number of rotatable bonds is 2. The minimum Gasteiger partial charge on any atom is -0.478 e. The zero-order chi connectivity index (χ0) is 8.97. The summed E-state index contributed by atoms with van der Waals surface area (Å²) in [6.07, 6.45) is 1.55. The van der Waals surface area contributed by atoms with Crippen LogP contribution in [0.2, 0.25) is 5.15 Å². The fourth-order valence-corrected chi connectivity index (χ4v) is 0.945. The van der Waals surface area contributed by atoms with Crippen LogP contribution in [-0.4, -0.2) is 17.5 Å². The van der Waals surface area contributed by atoms with E-state index < -0.39 is 0 Å². The summed E-state index contributed by atoms with van der Waals surface area (Å²) < 4.78 is 4.98. The van der Waals surface area contributed by atoms with Crippen LogP contribution in [0.1, 0.15) is 12.5 Å². The Kier molecular flexibility index (Phi) is 3.05. The van der Waals surface area contributed by atoms with E-state index in [1.807, 2.05) is 6.92 Å². The largest absolute Gasteiger partial charge is 0.478 e. The fraction of sp³-hybridized carbons (Fsp3) is 0.250. The van der Waals surface area contributed by atoms with Gasteiger partial charge in [0, 0.05) is 11.8 Å². The first-order chi connectivity index (χ1) is 5.74. The maximum absolute atomic E-state index is 7.42. The van der Waals surface area contributed by atoms with Gasteiger partial charge in [-0.1, -0.05) is 11.6 Å². The van der Waals surface area contributed by atoms with Crippen molar-refractivity contribution in [1.29, 1.82) is 5.41 Å². The summed E-state index contributed by atoms with van der Waals surface area (Å²) in [5, 5.41) is 7.79. The summed E-state index contributed by atoms with van der Waals surface area (Å²) >= 11 is 5.63. The number of pyridine rings is 1. The van der Waals surface area contributed by atoms with Gasteiger partial charge in [0.1, 0.15) is 5.15 Å². The number of ether oxygens (including phenoxy) is 1. The van der Waals surface area contributed by atoms with E-state index in [2.05, 4.69) is 4.98 Å². The van der Waals surface area contributed by atoms with Crippen LogP contribution in [0, 0.1) is 5.41 Å². The normalized spacial score (nSPS) is 9.50. The molecule has 0 aromatic carbocycles. The second kappa shape index (κ2) is 4.07. The van der Waals surface area contributed by atoms with E-state index >= 15 is 0 Å². The number of nitrogens with zero attached hydrogens (tertiary/aromatic N) is 1. The van der Waals surface area contributed by atoms with Crippen molar-refractivity contribution >= 4 is 17.5 Å². The van der Waals surface area contributed by atoms with E-state index in [4.69, 9.17) is 21.7 Å². The molecule has 0 saturated heterocycles. The van der Waals surface area contributed by atoms with E-state index in [0.717, 1.165) is 0 Å². The standard InChI is InChI=1S/C8H9ClN2O/c1-2-12-8(10)6-3-4-11-7(9)5-6/h3-5,10H,2H2,1H3. The molecule has 0 aliphatic carbocycles. The van der Waals surface area contributed by atoms with Crippen molar-refractivity contribution in [2.24, 2.45) is 0 Å². The van der Waals surface area contributed by atoms with Crippen LogP contribution in [0.4, 0.5) is 0 Å². The third kappa shape index (κ3) is 2.20. The van der Waals surface area contributed by atoms with Gasteiger partial charge in [0.2, 0.25) is 5.90 Å². The van der Waals surface area contributed by atoms with Crippen LogP contribution in [0.15, 0.2) is 18.3 Å². The lowest BCUT2D eigenvalue weighted by atomic mass is 10.3. The minimum absolute atomic E-state index is 0.127. The Balaban J connectivity index is 2.81. The molecule has 0 aliphatic heterocycles. The fourth-order valence-electron chi connectivity index (χ4n) is 0.771. The second-order valence-corrected chi connectivity index (χ2v) is 2.52. The average Bonchev–Trinajstić information content (AvgIpc) is 2.05. The Morgan fingerprint density at radius 2 is 2.50 bits per heavy atom. The Bertz CT molecular complexity index is 288. The Morgan fingerprint density at radius 3 is 3.08 bits per heavy atom. The number of halogens is 1. The molecule has 0 fully saturated rings. The molecule has 0 amide bonds. The average molecular weight is 185 g/mol. The molecule has 1 aromatic rings. The number of nitrogens with one attached hydrogen (secondary N) is 1. The molecule has 0 aliphatic rings. The van der Waals surface area contributed by atoms with Gasteiger partial charge in [-0.2, -0.15) is 0 Å². The van der Waals surface area contributed by atoms with E-state index in [-0.39, 0.29) is 5.90 Å². The van der Waals surface area contributed by atoms with Gasteiger partial charge in [0.15, 0.2) is 0 Å². The maximum atomic E-state index is 7.42. The summed E-state index contributed by atoms with van der Waals surface area (Å²) in [5.74, 6) is 0.127. The summed E-state index contributed by atoms with van der Waals surface area (Å²) in [7, 11) is 0. The lowest BCUT2D eigenvalue weighted by Crippen LogP contribution is -2.04. The highest BCUT2D eigenvalue weighted by molar-refractivity contribution is 6.29. The van der Waals surface area contributed by atoms with Crippen molar-refractivity contribution in [2.75, 3.05) is 6.61 Å². The van der Waals surface area contributed by atoms with Gasteiger partial charge in [0.05, 0.1) is 6.61 Å². The second-order valence-electron chi connectivity index (χ2n) is 2.13. The van der Waals surface area contributed by atoms with Crippen molar-refractivity contribution in [3.8, 4) is 0 Å². The molecule has 0 bridgehead atoms. The van der Waals surface area contributed by atoms with Crippen LogP contribution in [-0.2, 0) is 4.74 Å². The first-order valence-corrected chi connectivity index (χ1v) is 3.95. The van der Waals surface area contributed by atoms with Crippen molar-refractivity contribution in [3.05, 3.63) is 29.0 Å². The van der Waals surface area contributed by atoms with Crippen molar-refractivity contribution in [3.63, 3.8) is 0 Å². The first-order valence-electron chi connectivity index (χ1n) is 3.57. The van der Waals surface area contributed by atoms with Crippen LogP contribution < -0.4 is 0 Å². The Labute approximate surface area is 75.8 Å². The van der Waals surface area contributed by atoms with Gasteiger partial charge in [-0.05, 0) is 19.1 Å². The molecule has 1 aromatic heterocycles. The lowest BCUT2D eigenvalue weighted by molar-refractivity contribution is 0.325. The smallest absolute Gasteiger partial charge is 0.213 e. The van der Waals surface area contributed by atoms with Crippen LogP contribution in [0.5, 0.6) is 0 Å². The van der Waals surface area contributed by atoms with Crippen LogP contribution >= 0.6 is 11.6 Å². The summed E-state index contributed by atoms with van der Waals surface area (Å²) in [6.45, 7) is 2.32. The van der Waals surface area contributed by atoms with Crippen molar-refractivity contribution in [2.45, 2.75) is 6.92 Å².